The molecule has 41 heavy (non-hydrogen) atoms. The molecule has 11 heteroatoms. The number of ether oxygens (including phenoxy) is 2. The molecule has 218 valence electrons. The Labute approximate surface area is 243 Å². The van der Waals surface area contributed by atoms with Crippen LogP contribution in [0.2, 0.25) is 5.02 Å². The number of hydrogen-bond donors (Lipinski definition) is 1. The van der Waals surface area contributed by atoms with Crippen molar-refractivity contribution >= 4 is 23.6 Å². The fraction of sp³-hybridized carbons (Fsp3) is 0.467. The monoisotopic (exact) mass is 583 g/mol. The quantitative estimate of drug-likeness (QED) is 0.399. The zero-order valence-electron chi connectivity index (χ0n) is 23.5. The molecule has 0 aliphatic carbocycles. The third kappa shape index (κ3) is 6.87. The third-order valence-electron chi connectivity index (χ3n) is 7.33. The lowest BCUT2D eigenvalue weighted by molar-refractivity contribution is 0.0195. The van der Waals surface area contributed by atoms with Gasteiger partial charge in [-0.3, -0.25) is 4.79 Å². The fourth-order valence-corrected chi connectivity index (χ4v) is 5.54. The molecular formula is C30H35ClFN5O4. The Bertz CT molecular complexity index is 1450. The minimum Gasteiger partial charge on any atom is -0.444 e. The van der Waals surface area contributed by atoms with E-state index in [1.54, 1.807) is 40.1 Å². The molecule has 2 unspecified atom stereocenters. The van der Waals surface area contributed by atoms with E-state index in [1.165, 1.54) is 18.2 Å². The maximum absolute atomic E-state index is 14.7. The Morgan fingerprint density at radius 2 is 1.95 bits per heavy atom. The van der Waals surface area contributed by atoms with Gasteiger partial charge >= 0.3 is 6.09 Å². The molecule has 2 saturated heterocycles. The summed E-state index contributed by atoms with van der Waals surface area (Å²) in [6.07, 6.45) is 5.97. The van der Waals surface area contributed by atoms with Crippen molar-refractivity contribution in [1.82, 2.24) is 19.4 Å². The summed E-state index contributed by atoms with van der Waals surface area (Å²) in [6, 6.07) is 8.70. The maximum Gasteiger partial charge on any atom is 0.410 e. The van der Waals surface area contributed by atoms with E-state index in [-0.39, 0.29) is 16.6 Å². The van der Waals surface area contributed by atoms with E-state index >= 15 is 0 Å². The molecule has 1 amide bonds. The van der Waals surface area contributed by atoms with Gasteiger partial charge in [-0.1, -0.05) is 17.7 Å². The number of carbonyl (C=O) groups is 1. The molecule has 1 aromatic carbocycles. The van der Waals surface area contributed by atoms with Crippen LogP contribution in [-0.2, 0) is 9.47 Å². The van der Waals surface area contributed by atoms with Gasteiger partial charge in [-0.2, -0.15) is 0 Å². The highest BCUT2D eigenvalue weighted by Crippen LogP contribution is 2.34. The molecule has 2 fully saturated rings. The van der Waals surface area contributed by atoms with E-state index in [4.69, 9.17) is 21.1 Å². The highest BCUT2D eigenvalue weighted by molar-refractivity contribution is 6.30. The Balaban J connectivity index is 1.48. The van der Waals surface area contributed by atoms with Gasteiger partial charge < -0.3 is 24.3 Å². The first kappa shape index (κ1) is 29.0. The van der Waals surface area contributed by atoms with Crippen LogP contribution in [-0.4, -0.2) is 63.0 Å². The molecule has 4 heterocycles. The number of benzene rings is 1. The number of nitrogens with one attached hydrogen (secondary N) is 1. The molecule has 0 bridgehead atoms. The molecule has 5 rings (SSSR count). The highest BCUT2D eigenvalue weighted by Gasteiger charge is 2.39. The zero-order valence-corrected chi connectivity index (χ0v) is 24.2. The van der Waals surface area contributed by atoms with E-state index in [0.717, 1.165) is 19.3 Å². The van der Waals surface area contributed by atoms with Crippen molar-refractivity contribution in [3.63, 3.8) is 0 Å². The molecule has 2 atom stereocenters. The summed E-state index contributed by atoms with van der Waals surface area (Å²) in [6.45, 7) is 7.29. The molecule has 0 radical (unpaired) electrons. The first-order chi connectivity index (χ1) is 19.6. The molecule has 1 N–H and O–H groups in total. The number of halogens is 2. The van der Waals surface area contributed by atoms with Gasteiger partial charge in [-0.15, -0.1) is 0 Å². The Morgan fingerprint density at radius 1 is 1.17 bits per heavy atom. The van der Waals surface area contributed by atoms with E-state index in [9.17, 15) is 14.0 Å². The van der Waals surface area contributed by atoms with Crippen LogP contribution in [0.1, 0.15) is 58.1 Å². The van der Waals surface area contributed by atoms with Crippen LogP contribution in [0.5, 0.6) is 0 Å². The molecule has 0 saturated carbocycles. The molecule has 3 aromatic rings. The topological polar surface area (TPSA) is 98.6 Å². The van der Waals surface area contributed by atoms with Gasteiger partial charge in [0.15, 0.2) is 0 Å². The Morgan fingerprint density at radius 3 is 2.66 bits per heavy atom. The number of amides is 1. The maximum atomic E-state index is 14.7. The minimum absolute atomic E-state index is 0.0143. The standard InChI is InChI=1S/C30H35ClFN5O4/c1-30(2,3)41-29(39)36-13-4-5-25(36)27(20-6-7-22(31)23(32)17-20)37-14-9-19(18-26(37)38)24-8-12-33-28(35-24)34-21-10-15-40-16-11-21/h6-9,12,14,17-18,21,25,27H,4-5,10-11,13,15-16H2,1-3H3,(H,33,34,35). The summed E-state index contributed by atoms with van der Waals surface area (Å²) >= 11 is 5.99. The van der Waals surface area contributed by atoms with Crippen LogP contribution in [0, 0.1) is 5.82 Å². The number of nitrogens with zero attached hydrogens (tertiary/aromatic N) is 4. The zero-order chi connectivity index (χ0) is 29.1. The van der Waals surface area contributed by atoms with Crippen molar-refractivity contribution in [1.29, 1.82) is 0 Å². The van der Waals surface area contributed by atoms with Gasteiger partial charge in [0.25, 0.3) is 5.56 Å². The van der Waals surface area contributed by atoms with E-state index < -0.39 is 29.6 Å². The van der Waals surface area contributed by atoms with Gasteiger partial charge in [-0.25, -0.2) is 19.2 Å². The number of rotatable bonds is 6. The van der Waals surface area contributed by atoms with E-state index in [0.29, 0.717) is 48.9 Å². The largest absolute Gasteiger partial charge is 0.444 e. The first-order valence-electron chi connectivity index (χ1n) is 13.9. The lowest BCUT2D eigenvalue weighted by atomic mass is 9.96. The lowest BCUT2D eigenvalue weighted by Crippen LogP contribution is -2.45. The summed E-state index contributed by atoms with van der Waals surface area (Å²) in [5.74, 6) is -0.0988. The second kappa shape index (κ2) is 12.2. The van der Waals surface area contributed by atoms with Crippen LogP contribution >= 0.6 is 11.6 Å². The van der Waals surface area contributed by atoms with Gasteiger partial charge in [0, 0.05) is 49.8 Å². The van der Waals surface area contributed by atoms with Gasteiger partial charge in [0.2, 0.25) is 5.95 Å². The van der Waals surface area contributed by atoms with E-state index in [2.05, 4.69) is 15.3 Å². The number of pyridine rings is 1. The predicted molar refractivity (Wildman–Crippen MR) is 155 cm³/mol. The fourth-order valence-electron chi connectivity index (χ4n) is 5.42. The number of carbonyl (C=O) groups excluding carboxylic acids is 1. The smallest absolute Gasteiger partial charge is 0.410 e. The summed E-state index contributed by atoms with van der Waals surface area (Å²) in [4.78, 5) is 37.4. The number of anilines is 1. The second-order valence-electron chi connectivity index (χ2n) is 11.5. The van der Waals surface area contributed by atoms with Crippen molar-refractivity contribution in [3.8, 4) is 11.3 Å². The molecule has 9 nitrogen and oxygen atoms in total. The molecule has 2 aromatic heterocycles. The molecular weight excluding hydrogens is 549 g/mol. The summed E-state index contributed by atoms with van der Waals surface area (Å²) in [7, 11) is 0. The van der Waals surface area contributed by atoms with Crippen molar-refractivity contribution in [2.24, 2.45) is 0 Å². The lowest BCUT2D eigenvalue weighted by Gasteiger charge is -2.34. The summed E-state index contributed by atoms with van der Waals surface area (Å²) < 4.78 is 27.3. The first-order valence-corrected chi connectivity index (χ1v) is 14.3. The Kier molecular flexibility index (Phi) is 8.60. The third-order valence-corrected chi connectivity index (χ3v) is 7.64. The SMILES string of the molecule is CC(C)(C)OC(=O)N1CCCC1C(c1ccc(Cl)c(F)c1)n1ccc(-c2ccnc(NC3CCOCC3)n2)cc1=O. The second-order valence-corrected chi connectivity index (χ2v) is 11.9. The van der Waals surface area contributed by atoms with Crippen molar-refractivity contribution in [2.45, 2.75) is 70.2 Å². The highest BCUT2D eigenvalue weighted by atomic mass is 35.5. The van der Waals surface area contributed by atoms with Gasteiger partial charge in [0.05, 0.1) is 22.8 Å². The number of likely N-dealkylation sites (tertiary alicyclic amines) is 1. The normalized spacial score (nSPS) is 18.8. The van der Waals surface area contributed by atoms with Crippen molar-refractivity contribution in [2.75, 3.05) is 25.1 Å². The van der Waals surface area contributed by atoms with Crippen LogP contribution in [0.15, 0.2) is 53.6 Å². The van der Waals surface area contributed by atoms with Crippen LogP contribution in [0.4, 0.5) is 15.1 Å². The van der Waals surface area contributed by atoms with Crippen molar-refractivity contribution < 1.29 is 18.7 Å². The van der Waals surface area contributed by atoms with Crippen LogP contribution in [0.3, 0.4) is 0 Å². The van der Waals surface area contributed by atoms with Crippen LogP contribution < -0.4 is 10.9 Å². The Hall–Kier alpha value is -3.50. The average molecular weight is 584 g/mol. The minimum atomic E-state index is -0.680. The summed E-state index contributed by atoms with van der Waals surface area (Å²) in [5, 5.41) is 3.34. The van der Waals surface area contributed by atoms with Crippen molar-refractivity contribution in [3.05, 3.63) is 75.5 Å². The predicted octanol–water partition coefficient (Wildman–Crippen LogP) is 5.68. The van der Waals surface area contributed by atoms with E-state index in [1.807, 2.05) is 20.8 Å². The van der Waals surface area contributed by atoms with Gasteiger partial charge in [-0.05, 0) is 76.3 Å². The van der Waals surface area contributed by atoms with Gasteiger partial charge in [0.1, 0.15) is 11.4 Å². The summed E-state index contributed by atoms with van der Waals surface area (Å²) in [5.41, 5.74) is 0.772. The molecule has 2 aliphatic rings. The number of aromatic nitrogens is 3. The molecule has 2 aliphatic heterocycles. The van der Waals surface area contributed by atoms with Crippen LogP contribution in [0.25, 0.3) is 11.3 Å². The number of hydrogen-bond acceptors (Lipinski definition) is 7. The molecule has 0 spiro atoms. The average Bonchev–Trinajstić information content (AvgIpc) is 3.41.